The molecule has 0 spiro atoms. The van der Waals surface area contributed by atoms with E-state index in [1.54, 1.807) is 43.5 Å². The molecule has 11 nitrogen and oxygen atoms in total. The number of ether oxygens (including phenoxy) is 2. The number of hydrogen-bond donors (Lipinski definition) is 3. The summed E-state index contributed by atoms with van der Waals surface area (Å²) in [6, 6.07) is 11.6. The van der Waals surface area contributed by atoms with Crippen molar-refractivity contribution in [3.05, 3.63) is 63.8 Å². The number of aryl methyl sites for hydroxylation is 1. The molecule has 1 heterocycles. The van der Waals surface area contributed by atoms with Crippen molar-refractivity contribution < 1.29 is 19.5 Å². The molecule has 0 radical (unpaired) electrons. The number of anilines is 3. The van der Waals surface area contributed by atoms with Crippen molar-refractivity contribution in [1.29, 1.82) is 0 Å². The van der Waals surface area contributed by atoms with Crippen LogP contribution in [0.3, 0.4) is 0 Å². The van der Waals surface area contributed by atoms with Crippen LogP contribution in [-0.4, -0.2) is 40.4 Å². The van der Waals surface area contributed by atoms with Crippen LogP contribution in [-0.2, 0) is 0 Å². The van der Waals surface area contributed by atoms with Crippen molar-refractivity contribution in [2.24, 2.45) is 5.10 Å². The number of hydrazone groups is 1. The van der Waals surface area contributed by atoms with E-state index in [1.165, 1.54) is 26.3 Å². The minimum absolute atomic E-state index is 0.0104. The number of nitro groups is 1. The van der Waals surface area contributed by atoms with E-state index in [2.05, 4.69) is 25.8 Å². The first-order valence-corrected chi connectivity index (χ1v) is 9.01. The highest BCUT2D eigenvalue weighted by Gasteiger charge is 2.22. The van der Waals surface area contributed by atoms with Crippen LogP contribution in [0.1, 0.15) is 11.3 Å². The Labute approximate surface area is 177 Å². The van der Waals surface area contributed by atoms with Crippen molar-refractivity contribution in [3.8, 4) is 17.2 Å². The number of hydrogen-bond acceptors (Lipinski definition) is 10. The highest BCUT2D eigenvalue weighted by Crippen LogP contribution is 2.30. The lowest BCUT2D eigenvalue weighted by Crippen LogP contribution is -2.07. The third kappa shape index (κ3) is 5.15. The first kappa shape index (κ1) is 21.3. The third-order valence-corrected chi connectivity index (χ3v) is 4.18. The highest BCUT2D eigenvalue weighted by molar-refractivity contribution is 5.81. The lowest BCUT2D eigenvalue weighted by molar-refractivity contribution is -0.385. The van der Waals surface area contributed by atoms with Crippen molar-refractivity contribution in [3.63, 3.8) is 0 Å². The summed E-state index contributed by atoms with van der Waals surface area (Å²) in [6.07, 6.45) is 1.47. The standard InChI is InChI=1S/C20H20N6O5/c1-12-18(26(28)29)19(23-14-5-7-15(30-2)8-6-14)24-20(22-12)25-21-11-13-4-9-16(27)17(10-13)31-3/h4-11,27H,1-3H3,(H2,22,23,24,25)/b21-11+. The fourth-order valence-electron chi connectivity index (χ4n) is 2.67. The van der Waals surface area contributed by atoms with Gasteiger partial charge in [0.2, 0.25) is 11.8 Å². The van der Waals surface area contributed by atoms with Gasteiger partial charge in [-0.15, -0.1) is 0 Å². The van der Waals surface area contributed by atoms with Crippen LogP contribution in [0, 0.1) is 17.0 Å². The molecule has 0 fully saturated rings. The second kappa shape index (κ2) is 9.39. The molecule has 0 bridgehead atoms. The van der Waals surface area contributed by atoms with Crippen LogP contribution in [0.5, 0.6) is 17.2 Å². The first-order chi connectivity index (χ1) is 14.9. The van der Waals surface area contributed by atoms with Crippen molar-refractivity contribution in [2.45, 2.75) is 6.92 Å². The number of methoxy groups -OCH3 is 2. The maximum atomic E-state index is 11.5. The number of phenolic OH excluding ortho intramolecular Hbond substituents is 1. The number of benzene rings is 2. The van der Waals surface area contributed by atoms with Gasteiger partial charge in [-0.1, -0.05) is 0 Å². The number of phenols is 1. The quantitative estimate of drug-likeness (QED) is 0.280. The molecule has 0 unspecified atom stereocenters. The molecule has 160 valence electrons. The SMILES string of the molecule is COc1ccc(Nc2nc(N/N=C/c3ccc(O)c(OC)c3)nc(C)c2[N+](=O)[O-])cc1. The van der Waals surface area contributed by atoms with Crippen LogP contribution in [0.25, 0.3) is 0 Å². The molecule has 0 saturated carbocycles. The predicted octanol–water partition coefficient (Wildman–Crippen LogP) is 3.61. The van der Waals surface area contributed by atoms with Gasteiger partial charge in [-0.25, -0.2) is 10.4 Å². The van der Waals surface area contributed by atoms with Gasteiger partial charge in [-0.3, -0.25) is 10.1 Å². The maximum absolute atomic E-state index is 11.5. The highest BCUT2D eigenvalue weighted by atomic mass is 16.6. The number of rotatable bonds is 8. The molecule has 0 saturated heterocycles. The Kier molecular flexibility index (Phi) is 6.45. The fraction of sp³-hybridized carbons (Fsp3) is 0.150. The van der Waals surface area contributed by atoms with Crippen molar-refractivity contribution >= 4 is 29.4 Å². The molecule has 3 N–H and O–H groups in total. The lowest BCUT2D eigenvalue weighted by atomic mass is 10.2. The van der Waals surface area contributed by atoms with E-state index in [-0.39, 0.29) is 28.9 Å². The van der Waals surface area contributed by atoms with Gasteiger partial charge in [0.1, 0.15) is 11.4 Å². The minimum Gasteiger partial charge on any atom is -0.504 e. The molecular weight excluding hydrogens is 404 g/mol. The summed E-state index contributed by atoms with van der Waals surface area (Å²) in [5.41, 5.74) is 3.82. The monoisotopic (exact) mass is 424 g/mol. The Morgan fingerprint density at radius 1 is 1.13 bits per heavy atom. The third-order valence-electron chi connectivity index (χ3n) is 4.18. The summed E-state index contributed by atoms with van der Waals surface area (Å²) in [5.74, 6) is 1.06. The zero-order valence-corrected chi connectivity index (χ0v) is 17.0. The fourth-order valence-corrected chi connectivity index (χ4v) is 2.67. The Morgan fingerprint density at radius 2 is 1.87 bits per heavy atom. The van der Waals surface area contributed by atoms with Crippen LogP contribution in [0.2, 0.25) is 0 Å². The van der Waals surface area contributed by atoms with E-state index in [9.17, 15) is 15.2 Å². The second-order valence-electron chi connectivity index (χ2n) is 6.24. The predicted molar refractivity (Wildman–Crippen MR) is 116 cm³/mol. The summed E-state index contributed by atoms with van der Waals surface area (Å²) in [4.78, 5) is 19.3. The van der Waals surface area contributed by atoms with E-state index in [0.29, 0.717) is 22.7 Å². The Hall–Kier alpha value is -4.41. The van der Waals surface area contributed by atoms with Crippen LogP contribution in [0.15, 0.2) is 47.6 Å². The molecule has 0 aliphatic heterocycles. The molecule has 0 aliphatic rings. The first-order valence-electron chi connectivity index (χ1n) is 9.01. The number of aromatic nitrogens is 2. The van der Waals surface area contributed by atoms with Crippen molar-refractivity contribution in [2.75, 3.05) is 25.0 Å². The normalized spacial score (nSPS) is 10.7. The van der Waals surface area contributed by atoms with Gasteiger partial charge in [0.05, 0.1) is 25.4 Å². The molecule has 3 aromatic rings. The van der Waals surface area contributed by atoms with E-state index in [4.69, 9.17) is 9.47 Å². The molecule has 3 rings (SSSR count). The molecule has 11 heteroatoms. The van der Waals surface area contributed by atoms with Crippen LogP contribution < -0.4 is 20.2 Å². The summed E-state index contributed by atoms with van der Waals surface area (Å²) in [5, 5.41) is 28.1. The second-order valence-corrected chi connectivity index (χ2v) is 6.24. The largest absolute Gasteiger partial charge is 0.504 e. The number of nitrogens with zero attached hydrogens (tertiary/aromatic N) is 4. The van der Waals surface area contributed by atoms with Crippen LogP contribution >= 0.6 is 0 Å². The smallest absolute Gasteiger partial charge is 0.332 e. The Morgan fingerprint density at radius 3 is 2.52 bits per heavy atom. The summed E-state index contributed by atoms with van der Waals surface area (Å²) in [6.45, 7) is 1.51. The number of nitrogens with one attached hydrogen (secondary N) is 2. The molecule has 31 heavy (non-hydrogen) atoms. The topological polar surface area (TPSA) is 144 Å². The summed E-state index contributed by atoms with van der Waals surface area (Å²) >= 11 is 0. The lowest BCUT2D eigenvalue weighted by Gasteiger charge is -2.10. The van der Waals surface area contributed by atoms with Gasteiger partial charge >= 0.3 is 5.69 Å². The van der Waals surface area contributed by atoms with Gasteiger partial charge in [-0.05, 0) is 55.0 Å². The molecule has 0 amide bonds. The Bertz CT molecular complexity index is 1120. The van der Waals surface area contributed by atoms with Gasteiger partial charge < -0.3 is 19.9 Å². The average Bonchev–Trinajstić information content (AvgIpc) is 2.75. The molecule has 0 atom stereocenters. The molecular formula is C20H20N6O5. The zero-order valence-electron chi connectivity index (χ0n) is 17.0. The minimum atomic E-state index is -0.545. The zero-order chi connectivity index (χ0) is 22.4. The van der Waals surface area contributed by atoms with Gasteiger partial charge in [0, 0.05) is 5.69 Å². The Balaban J connectivity index is 1.84. The van der Waals surface area contributed by atoms with E-state index < -0.39 is 4.92 Å². The van der Waals surface area contributed by atoms with E-state index in [1.807, 2.05) is 0 Å². The van der Waals surface area contributed by atoms with Gasteiger partial charge in [0.15, 0.2) is 11.5 Å². The summed E-state index contributed by atoms with van der Waals surface area (Å²) < 4.78 is 10.2. The summed E-state index contributed by atoms with van der Waals surface area (Å²) in [7, 11) is 2.99. The molecule has 0 aliphatic carbocycles. The average molecular weight is 424 g/mol. The van der Waals surface area contributed by atoms with Gasteiger partial charge in [-0.2, -0.15) is 10.1 Å². The molecule has 2 aromatic carbocycles. The molecule has 1 aromatic heterocycles. The maximum Gasteiger partial charge on any atom is 0.332 e. The van der Waals surface area contributed by atoms with Gasteiger partial charge in [0.25, 0.3) is 0 Å². The van der Waals surface area contributed by atoms with Crippen LogP contribution in [0.4, 0.5) is 23.1 Å². The number of aromatic hydroxyl groups is 1. The van der Waals surface area contributed by atoms with E-state index in [0.717, 1.165) is 0 Å². The van der Waals surface area contributed by atoms with E-state index >= 15 is 0 Å². The van der Waals surface area contributed by atoms with Crippen molar-refractivity contribution in [1.82, 2.24) is 9.97 Å².